The number of amides is 5. The van der Waals surface area contributed by atoms with Crippen LogP contribution >= 0.6 is 0 Å². The number of hydrogen-bond acceptors (Lipinski definition) is 10. The molecule has 0 radical (unpaired) electrons. The highest BCUT2D eigenvalue weighted by molar-refractivity contribution is 5.96. The molecule has 61 heavy (non-hydrogen) atoms. The van der Waals surface area contributed by atoms with Crippen LogP contribution in [-0.2, 0) is 49.5 Å². The van der Waals surface area contributed by atoms with Crippen molar-refractivity contribution in [3.05, 3.63) is 47.5 Å². The number of carbonyl (C=O) groups excluding carboxylic acids is 7. The summed E-state index contributed by atoms with van der Waals surface area (Å²) in [5.41, 5.74) is 0.920. The van der Waals surface area contributed by atoms with Gasteiger partial charge in [0.05, 0.1) is 12.6 Å². The molecule has 0 bridgehead atoms. The second kappa shape index (κ2) is 24.6. The van der Waals surface area contributed by atoms with Crippen molar-refractivity contribution in [3.8, 4) is 0 Å². The van der Waals surface area contributed by atoms with Gasteiger partial charge in [0.1, 0.15) is 30.3 Å². The topological polar surface area (TPSA) is 192 Å². The molecule has 0 fully saturated rings. The minimum Gasteiger partial charge on any atom is -0.461 e. The Bertz CT molecular complexity index is 1690. The maximum Gasteiger partial charge on any atom is 0.334 e. The van der Waals surface area contributed by atoms with Crippen molar-refractivity contribution in [3.63, 3.8) is 0 Å². The summed E-state index contributed by atoms with van der Waals surface area (Å²) in [6.45, 7) is 17.1. The molecule has 342 valence electrons. The number of nitrogens with zero attached hydrogens (tertiary/aromatic N) is 3. The number of aliphatic hydroxyl groups is 1. The van der Waals surface area contributed by atoms with Crippen LogP contribution < -0.4 is 10.6 Å². The molecule has 3 N–H and O–H groups in total. The first-order valence-corrected chi connectivity index (χ1v) is 21.8. The Hall–Kier alpha value is -4.79. The maximum absolute atomic E-state index is 14.2. The van der Waals surface area contributed by atoms with Crippen molar-refractivity contribution >= 4 is 41.5 Å². The fourth-order valence-corrected chi connectivity index (χ4v) is 6.96. The van der Waals surface area contributed by atoms with E-state index in [1.807, 2.05) is 52.8 Å². The third-order valence-electron chi connectivity index (χ3n) is 12.4. The summed E-state index contributed by atoms with van der Waals surface area (Å²) in [6.07, 6.45) is 0.906. The van der Waals surface area contributed by atoms with Gasteiger partial charge < -0.3 is 39.9 Å². The molecule has 0 aromatic heterocycles. The van der Waals surface area contributed by atoms with Crippen LogP contribution in [0.1, 0.15) is 107 Å². The SMILES string of the molecule is CC[C@@H](C)[C@@H]1NC(=O)CN(C)C(=O)[C@@H](Cc2ccccc2)N(C)C(=O)[C@H](C)NC(=O)[C@@H]([C@@H](C)CC)OC(=O)/C(C)=C/C[C@H](O)[C@H](C)C[C@H]([C@@H](C)CC)OC(=O)[C@H](C)N(C)C1=O. The lowest BCUT2D eigenvalue weighted by Gasteiger charge is -2.34. The minimum absolute atomic E-state index is 0.0791. The second-order valence-electron chi connectivity index (χ2n) is 17.1. The van der Waals surface area contributed by atoms with Crippen LogP contribution in [0, 0.1) is 23.7 Å². The van der Waals surface area contributed by atoms with E-state index in [0.717, 1.165) is 5.56 Å². The first-order chi connectivity index (χ1) is 28.6. The van der Waals surface area contributed by atoms with Crippen molar-refractivity contribution in [2.75, 3.05) is 27.7 Å². The van der Waals surface area contributed by atoms with Crippen LogP contribution in [0.15, 0.2) is 42.0 Å². The largest absolute Gasteiger partial charge is 0.461 e. The molecule has 5 amide bonds. The van der Waals surface area contributed by atoms with Gasteiger partial charge in [0, 0.05) is 39.1 Å². The highest BCUT2D eigenvalue weighted by Crippen LogP contribution is 2.25. The summed E-state index contributed by atoms with van der Waals surface area (Å²) in [4.78, 5) is 100. The molecule has 1 aromatic rings. The van der Waals surface area contributed by atoms with Crippen LogP contribution in [0.3, 0.4) is 0 Å². The standard InChI is InChI=1S/C46H73N5O10/c1-14-27(4)37-24-31(8)36(52)23-22-30(7)45(58)61-40(29(6)16-3)41(54)47-32(9)42(55)51(13)35(25-34-20-18-17-19-21-34)43(56)49(11)26-38(53)48-39(28(5)15-2)44(57)50(12)33(10)46(59)60-37/h17-22,27-29,31-33,35-37,39-40,52H,14-16,23-26H2,1-13H3,(H,47,54)(H,48,53)/b30-22+/t27-,28+,29-,31+,32-,33-,35+,36-,37+,39-,40+/m0/s1. The highest BCUT2D eigenvalue weighted by atomic mass is 16.6. The van der Waals surface area contributed by atoms with Crippen LogP contribution in [0.2, 0.25) is 0 Å². The Morgan fingerprint density at radius 2 is 1.36 bits per heavy atom. The van der Waals surface area contributed by atoms with E-state index in [2.05, 4.69) is 10.6 Å². The van der Waals surface area contributed by atoms with Crippen LogP contribution in [0.4, 0.5) is 0 Å². The van der Waals surface area contributed by atoms with Crippen molar-refractivity contribution < 1.29 is 48.1 Å². The van der Waals surface area contributed by atoms with E-state index in [4.69, 9.17) is 9.47 Å². The lowest BCUT2D eigenvalue weighted by molar-refractivity contribution is -0.162. The summed E-state index contributed by atoms with van der Waals surface area (Å²) in [6, 6.07) is 4.73. The smallest absolute Gasteiger partial charge is 0.334 e. The van der Waals surface area contributed by atoms with Crippen molar-refractivity contribution in [2.24, 2.45) is 23.7 Å². The first-order valence-electron chi connectivity index (χ1n) is 21.8. The van der Waals surface area contributed by atoms with Crippen molar-refractivity contribution in [2.45, 2.75) is 150 Å². The Kier molecular flexibility index (Phi) is 21.1. The zero-order valence-corrected chi connectivity index (χ0v) is 38.7. The Morgan fingerprint density at radius 3 is 1.93 bits per heavy atom. The van der Waals surface area contributed by atoms with Gasteiger partial charge in [0.15, 0.2) is 6.10 Å². The Labute approximate surface area is 363 Å². The summed E-state index contributed by atoms with van der Waals surface area (Å²) >= 11 is 0. The van der Waals surface area contributed by atoms with Crippen molar-refractivity contribution in [1.29, 1.82) is 0 Å². The molecule has 1 heterocycles. The summed E-state index contributed by atoms with van der Waals surface area (Å²) in [5.74, 6) is -5.62. The molecule has 0 spiro atoms. The van der Waals surface area contributed by atoms with Gasteiger partial charge in [-0.1, -0.05) is 97.7 Å². The summed E-state index contributed by atoms with van der Waals surface area (Å²) in [5, 5.41) is 16.7. The van der Waals surface area contributed by atoms with Crippen LogP contribution in [0.5, 0.6) is 0 Å². The van der Waals surface area contributed by atoms with Gasteiger partial charge in [-0.3, -0.25) is 24.0 Å². The van der Waals surface area contributed by atoms with Gasteiger partial charge in [0.25, 0.3) is 5.91 Å². The molecule has 0 unspecified atom stereocenters. The van der Waals surface area contributed by atoms with Crippen LogP contribution in [0.25, 0.3) is 0 Å². The average Bonchev–Trinajstić information content (AvgIpc) is 3.25. The number of benzene rings is 1. The van der Waals surface area contributed by atoms with Crippen LogP contribution in [-0.4, -0.2) is 131 Å². The predicted octanol–water partition coefficient (Wildman–Crippen LogP) is 4.05. The summed E-state index contributed by atoms with van der Waals surface area (Å²) in [7, 11) is 4.35. The van der Waals surface area contributed by atoms with Gasteiger partial charge >= 0.3 is 11.9 Å². The number of esters is 2. The Morgan fingerprint density at radius 1 is 0.770 bits per heavy atom. The van der Waals surface area contributed by atoms with Gasteiger partial charge in [0.2, 0.25) is 23.6 Å². The predicted molar refractivity (Wildman–Crippen MR) is 232 cm³/mol. The Balaban J connectivity index is 2.63. The number of nitrogens with one attached hydrogen (secondary N) is 2. The molecule has 0 saturated carbocycles. The highest BCUT2D eigenvalue weighted by Gasteiger charge is 2.38. The molecular formula is C46H73N5O10. The van der Waals surface area contributed by atoms with E-state index in [1.165, 1.54) is 49.7 Å². The fourth-order valence-electron chi connectivity index (χ4n) is 6.96. The van der Waals surface area contributed by atoms with E-state index >= 15 is 0 Å². The number of aliphatic hydroxyl groups excluding tert-OH is 1. The number of carbonyl (C=O) groups is 7. The normalized spacial score (nSPS) is 29.3. The number of cyclic esters (lactones) is 2. The molecule has 15 nitrogen and oxygen atoms in total. The lowest BCUT2D eigenvalue weighted by Crippen LogP contribution is -2.58. The van der Waals surface area contributed by atoms with E-state index in [9.17, 15) is 38.7 Å². The third-order valence-corrected chi connectivity index (χ3v) is 12.4. The summed E-state index contributed by atoms with van der Waals surface area (Å²) < 4.78 is 11.8. The van der Waals surface area contributed by atoms with Gasteiger partial charge in [-0.05, 0) is 63.4 Å². The molecule has 1 aliphatic heterocycles. The lowest BCUT2D eigenvalue weighted by atomic mass is 9.88. The van der Waals surface area contributed by atoms with Crippen molar-refractivity contribution in [1.82, 2.24) is 25.3 Å². The molecular weight excluding hydrogens is 783 g/mol. The zero-order chi connectivity index (χ0) is 46.3. The molecule has 11 atom stereocenters. The average molecular weight is 856 g/mol. The second-order valence-corrected chi connectivity index (χ2v) is 17.1. The fraction of sp³-hybridized carbons (Fsp3) is 0.674. The number of likely N-dealkylation sites (N-methyl/N-ethyl adjacent to an activating group) is 3. The van der Waals surface area contributed by atoms with E-state index in [0.29, 0.717) is 25.7 Å². The third kappa shape index (κ3) is 15.0. The van der Waals surface area contributed by atoms with E-state index in [-0.39, 0.29) is 36.2 Å². The molecule has 1 aliphatic rings. The van der Waals surface area contributed by atoms with Gasteiger partial charge in [-0.25, -0.2) is 9.59 Å². The van der Waals surface area contributed by atoms with E-state index in [1.54, 1.807) is 39.0 Å². The molecule has 15 heteroatoms. The molecule has 1 aromatic carbocycles. The maximum atomic E-state index is 14.2. The minimum atomic E-state index is -1.25. The number of rotatable bonds is 8. The van der Waals surface area contributed by atoms with Gasteiger partial charge in [-0.2, -0.15) is 0 Å². The number of hydrogen-bond donors (Lipinski definition) is 3. The molecule has 0 aliphatic carbocycles. The zero-order valence-electron chi connectivity index (χ0n) is 38.7. The monoisotopic (exact) mass is 856 g/mol. The first kappa shape index (κ1) is 52.3. The molecule has 0 saturated heterocycles. The quantitative estimate of drug-likeness (QED) is 0.322. The van der Waals surface area contributed by atoms with E-state index < -0.39 is 96.4 Å². The molecule has 2 rings (SSSR count). The van der Waals surface area contributed by atoms with Gasteiger partial charge in [-0.15, -0.1) is 0 Å². The number of ether oxygens (including phenoxy) is 2.